The van der Waals surface area contributed by atoms with Gasteiger partial charge < -0.3 is 4.55 Å². The molecule has 112 valence electrons. The predicted molar refractivity (Wildman–Crippen MR) is 61.0 cm³/mol. The Morgan fingerprint density at radius 3 is 2.26 bits per heavy atom. The fourth-order valence-electron chi connectivity index (χ4n) is 1.22. The minimum atomic E-state index is -6.09. The van der Waals surface area contributed by atoms with Gasteiger partial charge in [-0.05, 0) is 19.8 Å². The maximum absolute atomic E-state index is 10.7. The van der Waals surface area contributed by atoms with Crippen molar-refractivity contribution < 1.29 is 30.7 Å². The summed E-state index contributed by atoms with van der Waals surface area (Å²) in [6, 6.07) is 0.640. The standard InChI is InChI=1S/C9H16N2.CHF3O3S/c1-3-4-5-9(2)11-7-6-10-8-11;2-1(3,4)8(5,6)7/h6-9H,3-5H2,1-2H3;(H,5,6,7). The monoisotopic (exact) mass is 302 g/mol. The number of nitrogens with zero attached hydrogens (tertiary/aromatic N) is 1. The lowest BCUT2D eigenvalue weighted by atomic mass is 10.1. The summed E-state index contributed by atoms with van der Waals surface area (Å²) < 4.78 is 61.1. The first kappa shape index (κ1) is 17.9. The van der Waals surface area contributed by atoms with Gasteiger partial charge in [-0.15, -0.1) is 0 Å². The molecule has 0 saturated heterocycles. The van der Waals surface area contributed by atoms with Gasteiger partial charge in [0, 0.05) is 0 Å². The van der Waals surface area contributed by atoms with Gasteiger partial charge in [0.05, 0.1) is 6.04 Å². The molecule has 0 spiro atoms. The van der Waals surface area contributed by atoms with E-state index in [9.17, 15) is 13.2 Å². The zero-order chi connectivity index (χ0) is 15.1. The number of hydrogen-bond donors (Lipinski definition) is 1. The van der Waals surface area contributed by atoms with Crippen LogP contribution < -0.4 is 4.57 Å². The van der Waals surface area contributed by atoms with Gasteiger partial charge in [-0.2, -0.15) is 13.2 Å². The summed E-state index contributed by atoms with van der Waals surface area (Å²) in [5.74, 6) is 0. The summed E-state index contributed by atoms with van der Waals surface area (Å²) in [5.41, 5.74) is -5.65. The molecule has 0 bridgehead atoms. The van der Waals surface area contributed by atoms with Crippen molar-refractivity contribution in [1.82, 2.24) is 4.98 Å². The van der Waals surface area contributed by atoms with Gasteiger partial charge in [0.1, 0.15) is 12.4 Å². The fourth-order valence-corrected chi connectivity index (χ4v) is 1.22. The van der Waals surface area contributed by atoms with Crippen LogP contribution in [0.4, 0.5) is 13.2 Å². The number of rotatable bonds is 4. The molecule has 0 aliphatic rings. The second-order valence-corrected chi connectivity index (χ2v) is 5.32. The molecule has 0 aromatic carbocycles. The third kappa shape index (κ3) is 7.16. The topological polar surface area (TPSA) is 76.9 Å². The van der Waals surface area contributed by atoms with Gasteiger partial charge in [-0.3, -0.25) is 4.98 Å². The number of hydrogen-bond acceptors (Lipinski definition) is 3. The van der Waals surface area contributed by atoms with Crippen LogP contribution in [-0.4, -0.2) is 23.5 Å². The molecule has 5 nitrogen and oxygen atoms in total. The van der Waals surface area contributed by atoms with Crippen LogP contribution in [0.3, 0.4) is 0 Å². The van der Waals surface area contributed by atoms with E-state index in [1.165, 1.54) is 19.3 Å². The number of H-pyrrole nitrogens is 1. The van der Waals surface area contributed by atoms with Gasteiger partial charge in [-0.1, -0.05) is 13.3 Å². The third-order valence-corrected chi connectivity index (χ3v) is 2.90. The Morgan fingerprint density at radius 2 is 1.95 bits per heavy atom. The molecule has 1 atom stereocenters. The average Bonchev–Trinajstić information content (AvgIpc) is 2.77. The molecule has 0 aliphatic heterocycles. The van der Waals surface area contributed by atoms with Crippen molar-refractivity contribution in [2.75, 3.05) is 0 Å². The smallest absolute Gasteiger partial charge is 0.485 e. The van der Waals surface area contributed by atoms with E-state index in [2.05, 4.69) is 29.6 Å². The van der Waals surface area contributed by atoms with E-state index in [0.717, 1.165) is 0 Å². The van der Waals surface area contributed by atoms with Crippen molar-refractivity contribution in [1.29, 1.82) is 0 Å². The first-order valence-electron chi connectivity index (χ1n) is 5.65. The number of nitrogens with one attached hydrogen (secondary N) is 1. The van der Waals surface area contributed by atoms with Crippen molar-refractivity contribution in [3.05, 3.63) is 18.7 Å². The molecule has 0 fully saturated rings. The number of halogens is 3. The van der Waals surface area contributed by atoms with Crippen LogP contribution in [0.5, 0.6) is 0 Å². The lowest BCUT2D eigenvalue weighted by Gasteiger charge is -2.08. The second kappa shape index (κ2) is 7.49. The van der Waals surface area contributed by atoms with Crippen LogP contribution in [-0.2, 0) is 10.1 Å². The van der Waals surface area contributed by atoms with Gasteiger partial charge >= 0.3 is 5.51 Å². The fraction of sp³-hybridized carbons (Fsp3) is 0.700. The SMILES string of the molecule is CCCCC(C)[n+]1cc[nH]c1.O=S(=O)([O-])C(F)(F)F. The van der Waals surface area contributed by atoms with Crippen molar-refractivity contribution in [2.24, 2.45) is 0 Å². The molecule has 0 aliphatic carbocycles. The van der Waals surface area contributed by atoms with E-state index in [0.29, 0.717) is 6.04 Å². The Kier molecular flexibility index (Phi) is 7.06. The zero-order valence-corrected chi connectivity index (χ0v) is 11.5. The molecule has 1 N–H and O–H groups in total. The highest BCUT2D eigenvalue weighted by atomic mass is 32.2. The summed E-state index contributed by atoms with van der Waals surface area (Å²) in [4.78, 5) is 3.05. The maximum atomic E-state index is 10.7. The summed E-state index contributed by atoms with van der Waals surface area (Å²) in [5, 5.41) is 0. The van der Waals surface area contributed by atoms with Crippen LogP contribution in [0, 0.1) is 0 Å². The summed E-state index contributed by atoms with van der Waals surface area (Å²) in [6.07, 6.45) is 9.94. The van der Waals surface area contributed by atoms with Crippen LogP contribution in [0.2, 0.25) is 0 Å². The highest BCUT2D eigenvalue weighted by Gasteiger charge is 2.36. The minimum Gasteiger partial charge on any atom is -0.741 e. The lowest BCUT2D eigenvalue weighted by Crippen LogP contribution is -2.34. The Morgan fingerprint density at radius 1 is 1.42 bits per heavy atom. The van der Waals surface area contributed by atoms with Gasteiger partial charge in [0.15, 0.2) is 10.1 Å². The molecule has 0 amide bonds. The zero-order valence-electron chi connectivity index (χ0n) is 10.6. The first-order chi connectivity index (χ1) is 8.59. The van der Waals surface area contributed by atoms with E-state index in [-0.39, 0.29) is 0 Å². The van der Waals surface area contributed by atoms with Crippen molar-refractivity contribution in [2.45, 2.75) is 44.7 Å². The largest absolute Gasteiger partial charge is 0.741 e. The van der Waals surface area contributed by atoms with Crippen LogP contribution in [0.1, 0.15) is 39.2 Å². The summed E-state index contributed by atoms with van der Waals surface area (Å²) in [7, 11) is -6.09. The van der Waals surface area contributed by atoms with Crippen LogP contribution >= 0.6 is 0 Å². The Bertz CT molecular complexity index is 443. The molecule has 0 saturated carbocycles. The normalized spacial score (nSPS) is 13.6. The molecular formula is C10H17F3N2O3S. The number of aromatic amines is 1. The molecule has 1 aromatic heterocycles. The molecule has 0 radical (unpaired) electrons. The number of imidazole rings is 1. The van der Waals surface area contributed by atoms with Gasteiger partial charge in [0.2, 0.25) is 6.33 Å². The van der Waals surface area contributed by atoms with Crippen molar-refractivity contribution >= 4 is 10.1 Å². The van der Waals surface area contributed by atoms with E-state index in [1.807, 2.05) is 12.5 Å². The molecule has 1 unspecified atom stereocenters. The Balaban J connectivity index is 0.000000362. The number of alkyl halides is 3. The lowest BCUT2D eigenvalue weighted by molar-refractivity contribution is -0.719. The second-order valence-electron chi connectivity index (χ2n) is 3.95. The van der Waals surface area contributed by atoms with Gasteiger partial charge in [-0.25, -0.2) is 13.0 Å². The molecule has 1 heterocycles. The third-order valence-electron chi connectivity index (χ3n) is 2.33. The Hall–Kier alpha value is -1.09. The highest BCUT2D eigenvalue weighted by molar-refractivity contribution is 7.86. The van der Waals surface area contributed by atoms with Crippen molar-refractivity contribution in [3.8, 4) is 0 Å². The summed E-state index contributed by atoms with van der Waals surface area (Å²) >= 11 is 0. The number of aromatic nitrogens is 2. The van der Waals surface area contributed by atoms with E-state index in [1.54, 1.807) is 0 Å². The molecule has 9 heteroatoms. The van der Waals surface area contributed by atoms with E-state index in [4.69, 9.17) is 13.0 Å². The van der Waals surface area contributed by atoms with Gasteiger partial charge in [0.25, 0.3) is 0 Å². The summed E-state index contributed by atoms with van der Waals surface area (Å²) in [6.45, 7) is 4.48. The maximum Gasteiger partial charge on any atom is 0.485 e. The Labute approximate surface area is 110 Å². The molecule has 1 aromatic rings. The van der Waals surface area contributed by atoms with Crippen LogP contribution in [0.15, 0.2) is 18.7 Å². The van der Waals surface area contributed by atoms with Crippen LogP contribution in [0.25, 0.3) is 0 Å². The first-order valence-corrected chi connectivity index (χ1v) is 7.06. The minimum absolute atomic E-state index is 0.640. The molecule has 1 rings (SSSR count). The molecular weight excluding hydrogens is 285 g/mol. The van der Waals surface area contributed by atoms with E-state index >= 15 is 0 Å². The average molecular weight is 302 g/mol. The number of unbranched alkanes of at least 4 members (excludes halogenated alkanes) is 1. The molecule has 19 heavy (non-hydrogen) atoms. The predicted octanol–water partition coefficient (Wildman–Crippen LogP) is 2.10. The quantitative estimate of drug-likeness (QED) is 0.525. The van der Waals surface area contributed by atoms with Crippen molar-refractivity contribution in [3.63, 3.8) is 0 Å². The highest BCUT2D eigenvalue weighted by Crippen LogP contribution is 2.20. The van der Waals surface area contributed by atoms with E-state index < -0.39 is 15.6 Å².